The van der Waals surface area contributed by atoms with Crippen LogP contribution < -0.4 is 15.4 Å². The monoisotopic (exact) mass is 617 g/mol. The summed E-state index contributed by atoms with van der Waals surface area (Å²) in [4.78, 5) is 23.3. The number of aliphatic hydroxyl groups excluding tert-OH is 1. The molecule has 0 unspecified atom stereocenters. The van der Waals surface area contributed by atoms with E-state index in [0.29, 0.717) is 30.5 Å². The molecule has 39 heavy (non-hydrogen) atoms. The van der Waals surface area contributed by atoms with Crippen molar-refractivity contribution in [1.29, 1.82) is 0 Å². The maximum atomic E-state index is 12.7. The summed E-state index contributed by atoms with van der Waals surface area (Å²) in [6.07, 6.45) is 7.98. The fourth-order valence-electron chi connectivity index (χ4n) is 5.13. The number of rotatable bonds is 10. The number of benzene rings is 1. The first-order valence-corrected chi connectivity index (χ1v) is 14.0. The molecule has 5 rings (SSSR count). The van der Waals surface area contributed by atoms with E-state index >= 15 is 0 Å². The molecule has 0 bridgehead atoms. The summed E-state index contributed by atoms with van der Waals surface area (Å²) in [6.45, 7) is 4.41. The molecule has 1 atom stereocenters. The predicted octanol–water partition coefficient (Wildman–Crippen LogP) is 4.34. The van der Waals surface area contributed by atoms with E-state index in [1.54, 1.807) is 18.3 Å². The normalized spacial score (nSPS) is 16.3. The number of aryl methyl sites for hydroxylation is 1. The van der Waals surface area contributed by atoms with Gasteiger partial charge in [0, 0.05) is 44.0 Å². The number of aliphatic hydroxyl groups is 1. The first-order valence-electron chi connectivity index (χ1n) is 13.2. The molecule has 0 spiro atoms. The number of oxazole rings is 1. The Morgan fingerprint density at radius 3 is 2.87 bits per heavy atom. The minimum Gasteiger partial charge on any atom is -0.484 e. The number of carbonyl (C=O) groups excluding carboxylic acids is 1. The van der Waals surface area contributed by atoms with Gasteiger partial charge >= 0.3 is 0 Å². The zero-order valence-corrected chi connectivity index (χ0v) is 24.7. The molecule has 1 amide bonds. The second-order valence-electron chi connectivity index (χ2n) is 10.1. The van der Waals surface area contributed by atoms with Gasteiger partial charge in [-0.15, -0.1) is 0 Å². The zero-order valence-electron chi connectivity index (χ0n) is 22.1. The lowest BCUT2D eigenvalue weighted by Gasteiger charge is -2.31. The maximum Gasteiger partial charge on any atom is 0.251 e. The third kappa shape index (κ3) is 7.53. The van der Waals surface area contributed by atoms with Gasteiger partial charge in [-0.1, -0.05) is 18.9 Å². The van der Waals surface area contributed by atoms with Crippen molar-refractivity contribution < 1.29 is 19.1 Å². The largest absolute Gasteiger partial charge is 0.484 e. The number of amides is 1. The molecule has 2 aliphatic rings. The van der Waals surface area contributed by atoms with Crippen LogP contribution in [0.25, 0.3) is 0 Å². The first-order chi connectivity index (χ1) is 18.5. The summed E-state index contributed by atoms with van der Waals surface area (Å²) in [7, 11) is 0. The smallest absolute Gasteiger partial charge is 0.251 e. The van der Waals surface area contributed by atoms with Crippen LogP contribution in [0.5, 0.6) is 5.75 Å². The van der Waals surface area contributed by atoms with E-state index in [0.717, 1.165) is 54.1 Å². The van der Waals surface area contributed by atoms with Gasteiger partial charge in [-0.05, 0) is 71.4 Å². The van der Waals surface area contributed by atoms with Gasteiger partial charge in [-0.3, -0.25) is 9.69 Å². The van der Waals surface area contributed by atoms with Gasteiger partial charge in [0.15, 0.2) is 12.2 Å². The van der Waals surface area contributed by atoms with Crippen molar-refractivity contribution in [2.45, 2.75) is 64.3 Å². The van der Waals surface area contributed by atoms with Crippen molar-refractivity contribution in [2.75, 3.05) is 25.0 Å². The maximum absolute atomic E-state index is 12.7. The van der Waals surface area contributed by atoms with Crippen LogP contribution in [-0.4, -0.2) is 57.7 Å². The van der Waals surface area contributed by atoms with Crippen LogP contribution in [0.4, 0.5) is 5.82 Å². The van der Waals surface area contributed by atoms with E-state index in [9.17, 15) is 9.90 Å². The predicted molar refractivity (Wildman–Crippen MR) is 158 cm³/mol. The van der Waals surface area contributed by atoms with E-state index in [-0.39, 0.29) is 25.9 Å². The quantitative estimate of drug-likeness (QED) is 0.308. The van der Waals surface area contributed by atoms with Crippen molar-refractivity contribution in [1.82, 2.24) is 20.2 Å². The number of carbonyl (C=O) groups is 1. The molecule has 3 heterocycles. The highest BCUT2D eigenvalue weighted by Gasteiger charge is 2.23. The van der Waals surface area contributed by atoms with E-state index in [2.05, 4.69) is 47.5 Å². The Morgan fingerprint density at radius 2 is 2.10 bits per heavy atom. The van der Waals surface area contributed by atoms with Crippen molar-refractivity contribution in [3.63, 3.8) is 0 Å². The number of fused-ring (bicyclic) bond motifs is 1. The summed E-state index contributed by atoms with van der Waals surface area (Å²) >= 11 is 3.72. The number of hydrogen-bond acceptors (Lipinski definition) is 8. The summed E-state index contributed by atoms with van der Waals surface area (Å²) in [5, 5.41) is 16.9. The third-order valence-corrected chi connectivity index (χ3v) is 8.15. The van der Waals surface area contributed by atoms with Gasteiger partial charge in [0.05, 0.1) is 16.3 Å². The molecular formula is C28H36BrN5O4S. The van der Waals surface area contributed by atoms with E-state index in [1.165, 1.54) is 30.4 Å². The van der Waals surface area contributed by atoms with Gasteiger partial charge in [-0.2, -0.15) is 13.5 Å². The number of halogens is 1. The SMILES string of the molecule is Cc1ncoc1COc1ccc2c(c1Br)CCN(C[C@@H](O)CNC(=O)c1ccnc(NC3CCCC3)c1)C2.S. The minimum absolute atomic E-state index is 0. The summed E-state index contributed by atoms with van der Waals surface area (Å²) in [6, 6.07) is 7.94. The number of anilines is 1. The van der Waals surface area contributed by atoms with Gasteiger partial charge < -0.3 is 24.9 Å². The molecule has 1 aromatic carbocycles. The Labute approximate surface area is 244 Å². The number of β-amino-alcohol motifs (C(OH)–C–C–N with tert-alkyl or cyclic N) is 1. The molecule has 1 fully saturated rings. The number of pyridine rings is 1. The molecule has 1 aliphatic carbocycles. The van der Waals surface area contributed by atoms with Gasteiger partial charge in [-0.25, -0.2) is 9.97 Å². The highest BCUT2D eigenvalue weighted by atomic mass is 79.9. The topological polar surface area (TPSA) is 113 Å². The van der Waals surface area contributed by atoms with Crippen molar-refractivity contribution in [3.05, 3.63) is 69.5 Å². The van der Waals surface area contributed by atoms with Crippen LogP contribution in [0.15, 0.2) is 45.7 Å². The lowest BCUT2D eigenvalue weighted by molar-refractivity contribution is 0.0841. The fourth-order valence-corrected chi connectivity index (χ4v) is 5.83. The van der Waals surface area contributed by atoms with Crippen molar-refractivity contribution >= 4 is 41.2 Å². The second kappa shape index (κ2) is 13.6. The minimum atomic E-state index is -0.672. The van der Waals surface area contributed by atoms with Crippen molar-refractivity contribution in [2.24, 2.45) is 0 Å². The van der Waals surface area contributed by atoms with Gasteiger partial charge in [0.2, 0.25) is 0 Å². The van der Waals surface area contributed by atoms with Crippen LogP contribution in [0, 0.1) is 6.92 Å². The number of aromatic nitrogens is 2. The lowest BCUT2D eigenvalue weighted by Crippen LogP contribution is -2.42. The molecule has 3 aromatic rings. The Kier molecular flexibility index (Phi) is 10.3. The molecule has 3 N–H and O–H groups in total. The molecule has 1 saturated carbocycles. The molecule has 11 heteroatoms. The third-order valence-electron chi connectivity index (χ3n) is 7.28. The second-order valence-corrected chi connectivity index (χ2v) is 10.9. The summed E-state index contributed by atoms with van der Waals surface area (Å²) in [5.41, 5.74) is 3.78. The highest BCUT2D eigenvalue weighted by molar-refractivity contribution is 9.10. The van der Waals surface area contributed by atoms with E-state index < -0.39 is 6.10 Å². The van der Waals surface area contributed by atoms with Gasteiger partial charge in [0.1, 0.15) is 18.2 Å². The zero-order chi connectivity index (χ0) is 26.5. The first kappa shape index (κ1) is 29.4. The Balaban J connectivity index is 0.00000353. The average Bonchev–Trinajstić information content (AvgIpc) is 3.58. The molecular weight excluding hydrogens is 582 g/mol. The highest BCUT2D eigenvalue weighted by Crippen LogP contribution is 2.35. The molecule has 0 radical (unpaired) electrons. The van der Waals surface area contributed by atoms with Crippen LogP contribution in [-0.2, 0) is 19.6 Å². The Bertz CT molecular complexity index is 1270. The average molecular weight is 619 g/mol. The number of nitrogens with zero attached hydrogens (tertiary/aromatic N) is 3. The van der Waals surface area contributed by atoms with E-state index in [1.807, 2.05) is 13.0 Å². The summed E-state index contributed by atoms with van der Waals surface area (Å²) < 4.78 is 12.3. The summed E-state index contributed by atoms with van der Waals surface area (Å²) in [5.74, 6) is 2.01. The Morgan fingerprint density at radius 1 is 1.28 bits per heavy atom. The standard InChI is InChI=1S/C28H34BrN5O4.H2S/c1-18-25(38-17-32-18)16-37-24-7-6-20-14-34(11-9-23(20)27(24)29)15-22(35)13-31-28(36)19-8-10-30-26(12-19)33-21-4-2-3-5-21;/h6-8,10,12,17,21-22,35H,2-5,9,11,13-16H2,1H3,(H,30,33)(H,31,36);1H2/t22-;/m0./s1. The van der Waals surface area contributed by atoms with Crippen LogP contribution in [0.3, 0.4) is 0 Å². The Hall–Kier alpha value is -2.60. The van der Waals surface area contributed by atoms with E-state index in [4.69, 9.17) is 9.15 Å². The van der Waals surface area contributed by atoms with Crippen LogP contribution in [0.2, 0.25) is 0 Å². The van der Waals surface area contributed by atoms with Crippen molar-refractivity contribution in [3.8, 4) is 5.75 Å². The molecule has 210 valence electrons. The molecule has 0 saturated heterocycles. The number of hydrogen-bond donors (Lipinski definition) is 3. The molecule has 9 nitrogen and oxygen atoms in total. The molecule has 1 aliphatic heterocycles. The molecule has 2 aromatic heterocycles. The number of ether oxygens (including phenoxy) is 1. The van der Waals surface area contributed by atoms with Crippen LogP contribution in [0.1, 0.15) is 58.6 Å². The number of nitrogens with one attached hydrogen (secondary N) is 2. The lowest BCUT2D eigenvalue weighted by atomic mass is 9.99. The van der Waals surface area contributed by atoms with Crippen LogP contribution >= 0.6 is 29.4 Å². The fraction of sp³-hybridized carbons (Fsp3) is 0.464. The van der Waals surface area contributed by atoms with Gasteiger partial charge in [0.25, 0.3) is 5.91 Å².